The fourth-order valence-corrected chi connectivity index (χ4v) is 1.88. The molecule has 1 aliphatic rings. The molecule has 0 spiro atoms. The van der Waals surface area contributed by atoms with E-state index in [4.69, 9.17) is 5.11 Å². The Hall–Kier alpha value is -1.39. The van der Waals surface area contributed by atoms with Crippen molar-refractivity contribution in [3.63, 3.8) is 0 Å². The van der Waals surface area contributed by atoms with E-state index in [2.05, 4.69) is 0 Å². The average molecular weight is 213 g/mol. The molecule has 1 rings (SSSR count). The Morgan fingerprint density at radius 3 is 2.60 bits per heavy atom. The van der Waals surface area contributed by atoms with Gasteiger partial charge >= 0.3 is 6.09 Å². The summed E-state index contributed by atoms with van der Waals surface area (Å²) in [7, 11) is 0. The zero-order valence-corrected chi connectivity index (χ0v) is 8.90. The molecule has 1 saturated heterocycles. The SMILES string of the molecule is CC(C)CC1CC(=O)CC(=O)N1C(=O)O. The van der Waals surface area contributed by atoms with Gasteiger partial charge in [-0.15, -0.1) is 0 Å². The highest BCUT2D eigenvalue weighted by molar-refractivity contribution is 6.06. The summed E-state index contributed by atoms with van der Waals surface area (Å²) >= 11 is 0. The number of imide groups is 1. The van der Waals surface area contributed by atoms with Gasteiger partial charge in [0.15, 0.2) is 0 Å². The maximum Gasteiger partial charge on any atom is 0.414 e. The monoisotopic (exact) mass is 213 g/mol. The van der Waals surface area contributed by atoms with E-state index in [1.165, 1.54) is 0 Å². The lowest BCUT2D eigenvalue weighted by atomic mass is 9.93. The second kappa shape index (κ2) is 4.42. The zero-order valence-electron chi connectivity index (χ0n) is 8.90. The van der Waals surface area contributed by atoms with Crippen LogP contribution < -0.4 is 0 Å². The van der Waals surface area contributed by atoms with Crippen LogP contribution in [0.3, 0.4) is 0 Å². The summed E-state index contributed by atoms with van der Waals surface area (Å²) in [6.07, 6.45) is -0.820. The molecule has 1 N–H and O–H groups in total. The van der Waals surface area contributed by atoms with Crippen LogP contribution in [0.4, 0.5) is 4.79 Å². The summed E-state index contributed by atoms with van der Waals surface area (Å²) in [5.74, 6) is -0.497. The predicted octanol–water partition coefficient (Wildman–Crippen LogP) is 1.27. The maximum atomic E-state index is 11.4. The number of carbonyl (C=O) groups excluding carboxylic acids is 2. The molecule has 1 fully saturated rings. The smallest absolute Gasteiger partial charge is 0.414 e. The number of piperidine rings is 1. The lowest BCUT2D eigenvalue weighted by Gasteiger charge is -2.31. The summed E-state index contributed by atoms with van der Waals surface area (Å²) in [5, 5.41) is 8.87. The Morgan fingerprint density at radius 1 is 1.53 bits per heavy atom. The van der Waals surface area contributed by atoms with Crippen LogP contribution in [-0.4, -0.2) is 33.8 Å². The van der Waals surface area contributed by atoms with Gasteiger partial charge in [-0.3, -0.25) is 9.59 Å². The molecule has 1 unspecified atom stereocenters. The van der Waals surface area contributed by atoms with E-state index < -0.39 is 18.0 Å². The molecule has 84 valence electrons. The molecule has 2 amide bonds. The van der Waals surface area contributed by atoms with Crippen LogP contribution in [-0.2, 0) is 9.59 Å². The maximum absolute atomic E-state index is 11.4. The largest absolute Gasteiger partial charge is 0.465 e. The molecule has 1 heterocycles. The minimum atomic E-state index is -1.25. The topological polar surface area (TPSA) is 74.7 Å². The van der Waals surface area contributed by atoms with Gasteiger partial charge < -0.3 is 5.11 Å². The van der Waals surface area contributed by atoms with E-state index in [0.29, 0.717) is 6.42 Å². The lowest BCUT2D eigenvalue weighted by Crippen LogP contribution is -2.49. The molecule has 0 aromatic carbocycles. The van der Waals surface area contributed by atoms with E-state index >= 15 is 0 Å². The molecular weight excluding hydrogens is 198 g/mol. The van der Waals surface area contributed by atoms with Crippen LogP contribution in [0.15, 0.2) is 0 Å². The first kappa shape index (κ1) is 11.7. The Bertz CT molecular complexity index is 298. The Morgan fingerprint density at radius 2 is 2.13 bits per heavy atom. The quantitative estimate of drug-likeness (QED) is 0.701. The summed E-state index contributed by atoms with van der Waals surface area (Å²) < 4.78 is 0. The first-order valence-electron chi connectivity index (χ1n) is 4.98. The van der Waals surface area contributed by atoms with E-state index in [1.807, 2.05) is 13.8 Å². The van der Waals surface area contributed by atoms with Gasteiger partial charge in [-0.2, -0.15) is 0 Å². The second-order valence-electron chi connectivity index (χ2n) is 4.25. The number of rotatable bonds is 2. The summed E-state index contributed by atoms with van der Waals surface area (Å²) in [6.45, 7) is 3.87. The normalized spacial score (nSPS) is 22.3. The predicted molar refractivity (Wildman–Crippen MR) is 52.4 cm³/mol. The minimum absolute atomic E-state index is 0.163. The molecule has 15 heavy (non-hydrogen) atoms. The molecule has 0 saturated carbocycles. The standard InChI is InChI=1S/C10H15NO4/c1-6(2)3-7-4-8(12)5-9(13)11(7)10(14)15/h6-7H,3-5H2,1-2H3,(H,14,15). The third-order valence-electron chi connectivity index (χ3n) is 2.40. The molecule has 1 atom stereocenters. The number of likely N-dealkylation sites (tertiary alicyclic amines) is 1. The third kappa shape index (κ3) is 2.78. The second-order valence-corrected chi connectivity index (χ2v) is 4.25. The molecular formula is C10H15NO4. The molecule has 0 aliphatic carbocycles. The van der Waals surface area contributed by atoms with Crippen molar-refractivity contribution in [2.24, 2.45) is 5.92 Å². The molecule has 1 aliphatic heterocycles. The molecule has 5 nitrogen and oxygen atoms in total. The van der Waals surface area contributed by atoms with Crippen LogP contribution in [0.1, 0.15) is 33.1 Å². The van der Waals surface area contributed by atoms with Crippen LogP contribution in [0, 0.1) is 5.92 Å². The van der Waals surface area contributed by atoms with E-state index in [9.17, 15) is 14.4 Å². The van der Waals surface area contributed by atoms with Gasteiger partial charge in [-0.1, -0.05) is 13.8 Å². The van der Waals surface area contributed by atoms with Crippen LogP contribution >= 0.6 is 0 Å². The highest BCUT2D eigenvalue weighted by atomic mass is 16.4. The van der Waals surface area contributed by atoms with Gasteiger partial charge in [0.05, 0.1) is 12.5 Å². The van der Waals surface area contributed by atoms with Crippen LogP contribution in [0.5, 0.6) is 0 Å². The van der Waals surface area contributed by atoms with E-state index in [-0.39, 0.29) is 24.5 Å². The Kier molecular flexibility index (Phi) is 3.44. The van der Waals surface area contributed by atoms with Gasteiger partial charge in [0.1, 0.15) is 5.78 Å². The number of carboxylic acid groups (broad SMARTS) is 1. The van der Waals surface area contributed by atoms with Crippen molar-refractivity contribution in [1.29, 1.82) is 0 Å². The Labute approximate surface area is 88.1 Å². The molecule has 0 radical (unpaired) electrons. The molecule has 0 aromatic rings. The van der Waals surface area contributed by atoms with Crippen molar-refractivity contribution in [1.82, 2.24) is 4.90 Å². The summed E-state index contributed by atoms with van der Waals surface area (Å²) in [5.41, 5.74) is 0. The van der Waals surface area contributed by atoms with Gasteiger partial charge in [-0.05, 0) is 12.3 Å². The van der Waals surface area contributed by atoms with Gasteiger partial charge in [-0.25, -0.2) is 9.69 Å². The van der Waals surface area contributed by atoms with Crippen molar-refractivity contribution in [2.75, 3.05) is 0 Å². The fraction of sp³-hybridized carbons (Fsp3) is 0.700. The van der Waals surface area contributed by atoms with Crippen molar-refractivity contribution in [3.05, 3.63) is 0 Å². The summed E-state index contributed by atoms with van der Waals surface area (Å²) in [4.78, 5) is 34.2. The molecule has 0 bridgehead atoms. The first-order chi connectivity index (χ1) is 6.91. The van der Waals surface area contributed by atoms with Gasteiger partial charge in [0, 0.05) is 6.42 Å². The third-order valence-corrected chi connectivity index (χ3v) is 2.40. The van der Waals surface area contributed by atoms with E-state index in [0.717, 1.165) is 4.90 Å². The molecule has 0 aromatic heterocycles. The number of nitrogens with zero attached hydrogens (tertiary/aromatic N) is 1. The van der Waals surface area contributed by atoms with Crippen LogP contribution in [0.25, 0.3) is 0 Å². The summed E-state index contributed by atoms with van der Waals surface area (Å²) in [6, 6.07) is -0.476. The highest BCUT2D eigenvalue weighted by Crippen LogP contribution is 2.21. The van der Waals surface area contributed by atoms with E-state index in [1.54, 1.807) is 0 Å². The van der Waals surface area contributed by atoms with Gasteiger partial charge in [0.25, 0.3) is 0 Å². The van der Waals surface area contributed by atoms with Gasteiger partial charge in [0.2, 0.25) is 5.91 Å². The van der Waals surface area contributed by atoms with Crippen LogP contribution in [0.2, 0.25) is 0 Å². The van der Waals surface area contributed by atoms with Crippen molar-refractivity contribution in [2.45, 2.75) is 39.2 Å². The zero-order chi connectivity index (χ0) is 11.6. The highest BCUT2D eigenvalue weighted by Gasteiger charge is 2.36. The number of hydrogen-bond donors (Lipinski definition) is 1. The van der Waals surface area contributed by atoms with Crippen molar-refractivity contribution < 1.29 is 19.5 Å². The lowest BCUT2D eigenvalue weighted by molar-refractivity contribution is -0.140. The van der Waals surface area contributed by atoms with Crippen molar-refractivity contribution in [3.8, 4) is 0 Å². The number of ketones is 1. The number of hydrogen-bond acceptors (Lipinski definition) is 3. The number of amides is 2. The average Bonchev–Trinajstić information content (AvgIpc) is 1.99. The minimum Gasteiger partial charge on any atom is -0.465 e. The number of Topliss-reactive ketones (excluding diaryl/α,β-unsaturated/α-hetero) is 1. The fourth-order valence-electron chi connectivity index (χ4n) is 1.88. The number of carbonyl (C=O) groups is 3. The molecule has 5 heteroatoms. The van der Waals surface area contributed by atoms with Crippen molar-refractivity contribution >= 4 is 17.8 Å². The first-order valence-corrected chi connectivity index (χ1v) is 4.98. The Balaban J connectivity index is 2.82.